The van der Waals surface area contributed by atoms with E-state index in [0.29, 0.717) is 19.3 Å². The Balaban J connectivity index is 4.69. The number of carbonyl (C=O) groups is 2. The molecule has 0 aliphatic carbocycles. The van der Waals surface area contributed by atoms with Crippen molar-refractivity contribution in [3.05, 3.63) is 85.1 Å². The normalized spacial score (nSPS) is 14.1. The van der Waals surface area contributed by atoms with E-state index in [1.165, 1.54) is 70.6 Å². The highest BCUT2D eigenvalue weighted by atomic mass is 16.5. The highest BCUT2D eigenvalue weighted by Gasteiger charge is 2.24. The molecule has 0 rings (SSSR count). The maximum absolute atomic E-state index is 13.1. The van der Waals surface area contributed by atoms with Crippen LogP contribution in [0.25, 0.3) is 0 Å². The van der Waals surface area contributed by atoms with Crippen LogP contribution in [0.5, 0.6) is 0 Å². The van der Waals surface area contributed by atoms with E-state index >= 15 is 0 Å². The largest absolute Gasteiger partial charge is 0.462 e. The highest BCUT2D eigenvalue weighted by Crippen LogP contribution is 2.16. The van der Waals surface area contributed by atoms with Gasteiger partial charge in [0.1, 0.15) is 6.10 Å². The summed E-state index contributed by atoms with van der Waals surface area (Å²) in [5.41, 5.74) is 0. The van der Waals surface area contributed by atoms with Crippen LogP contribution in [-0.2, 0) is 14.3 Å². The van der Waals surface area contributed by atoms with Crippen LogP contribution in [0.2, 0.25) is 0 Å². The molecule has 1 amide bonds. The summed E-state index contributed by atoms with van der Waals surface area (Å²) < 4.78 is 5.86. The maximum Gasteiger partial charge on any atom is 0.306 e. The quantitative estimate of drug-likeness (QED) is 0.0248. The van der Waals surface area contributed by atoms with Crippen molar-refractivity contribution in [3.8, 4) is 0 Å². The first-order valence-electron chi connectivity index (χ1n) is 23.4. The zero-order valence-electron chi connectivity index (χ0n) is 36.9. The van der Waals surface area contributed by atoms with Gasteiger partial charge in [-0.1, -0.05) is 196 Å². The summed E-state index contributed by atoms with van der Waals surface area (Å²) in [6.07, 6.45) is 56.5. The van der Waals surface area contributed by atoms with Gasteiger partial charge >= 0.3 is 5.97 Å². The molecule has 0 aliphatic heterocycles. The van der Waals surface area contributed by atoms with Gasteiger partial charge in [-0.05, 0) is 77.0 Å². The van der Waals surface area contributed by atoms with Gasteiger partial charge < -0.3 is 20.3 Å². The van der Waals surface area contributed by atoms with Gasteiger partial charge in [0.15, 0.2) is 0 Å². The first-order valence-corrected chi connectivity index (χ1v) is 23.4. The van der Waals surface area contributed by atoms with Gasteiger partial charge in [0.2, 0.25) is 5.91 Å². The van der Waals surface area contributed by atoms with Crippen molar-refractivity contribution in [2.75, 3.05) is 6.61 Å². The van der Waals surface area contributed by atoms with Crippen molar-refractivity contribution in [3.63, 3.8) is 0 Å². The standard InChI is InChI=1S/C51H87NO5/c1-4-7-10-13-16-19-22-23-24-25-26-27-29-32-35-38-41-44-51(56)57-47(42-39-36-33-30-28-20-17-14-11-8-5-2)45-50(55)52-48(46-53)49(54)43-40-37-34-31-21-18-15-12-9-6-3/h8,11,14,16-17,19-20,23-24,26-28,30,33,47-49,53-54H,4-7,9-10,12-13,15,18,21-22,25,29,31-32,34-46H2,1-3H3,(H,52,55)/b11-8+,17-14+,19-16-,24-23-,27-26-,28-20-,33-30-. The summed E-state index contributed by atoms with van der Waals surface area (Å²) in [5, 5.41) is 23.6. The zero-order chi connectivity index (χ0) is 41.7. The third-order valence-corrected chi connectivity index (χ3v) is 10.1. The van der Waals surface area contributed by atoms with Gasteiger partial charge in [-0.2, -0.15) is 0 Å². The summed E-state index contributed by atoms with van der Waals surface area (Å²) in [6, 6.07) is -0.729. The molecule has 3 atom stereocenters. The number of allylic oxidation sites excluding steroid dienone is 14. The molecule has 0 fully saturated rings. The van der Waals surface area contributed by atoms with Crippen LogP contribution in [0.4, 0.5) is 0 Å². The van der Waals surface area contributed by atoms with Crippen LogP contribution in [0.15, 0.2) is 85.1 Å². The fourth-order valence-electron chi connectivity index (χ4n) is 6.51. The Bertz CT molecular complexity index is 1120. The molecule has 57 heavy (non-hydrogen) atoms. The number of carbonyl (C=O) groups excluding carboxylic acids is 2. The van der Waals surface area contributed by atoms with E-state index in [9.17, 15) is 19.8 Å². The summed E-state index contributed by atoms with van der Waals surface area (Å²) in [5.74, 6) is -0.577. The summed E-state index contributed by atoms with van der Waals surface area (Å²) in [6.45, 7) is 6.25. The lowest BCUT2D eigenvalue weighted by atomic mass is 10.0. The molecule has 0 spiro atoms. The number of rotatable bonds is 40. The number of hydrogen-bond acceptors (Lipinski definition) is 5. The second-order valence-electron chi connectivity index (χ2n) is 15.5. The molecular formula is C51H87NO5. The van der Waals surface area contributed by atoms with E-state index in [2.05, 4.69) is 74.7 Å². The number of aliphatic hydroxyl groups is 2. The molecular weight excluding hydrogens is 707 g/mol. The zero-order valence-corrected chi connectivity index (χ0v) is 36.9. The van der Waals surface area contributed by atoms with Crippen LogP contribution >= 0.6 is 0 Å². The van der Waals surface area contributed by atoms with Crippen molar-refractivity contribution in [1.29, 1.82) is 0 Å². The molecule has 6 heteroatoms. The third-order valence-electron chi connectivity index (χ3n) is 10.1. The molecule has 0 saturated carbocycles. The van der Waals surface area contributed by atoms with Crippen LogP contribution in [-0.4, -0.2) is 46.9 Å². The summed E-state index contributed by atoms with van der Waals surface area (Å²) >= 11 is 0. The number of amides is 1. The summed E-state index contributed by atoms with van der Waals surface area (Å²) in [7, 11) is 0. The van der Waals surface area contributed by atoms with Crippen LogP contribution < -0.4 is 5.32 Å². The molecule has 0 radical (unpaired) electrons. The lowest BCUT2D eigenvalue weighted by molar-refractivity contribution is -0.151. The molecule has 0 aliphatic rings. The number of aliphatic hydroxyl groups excluding tert-OH is 2. The number of hydrogen-bond donors (Lipinski definition) is 3. The highest BCUT2D eigenvalue weighted by molar-refractivity contribution is 5.77. The topological polar surface area (TPSA) is 95.9 Å². The SMILES string of the molecule is CC/C=C/C=C/C=C\C=C/CCCC(CC(=O)NC(CO)C(O)CCCCCCCCCCCC)OC(=O)CCCCCC/C=C\C/C=C\C/C=C\CCCCC. The Morgan fingerprint density at radius 3 is 1.65 bits per heavy atom. The molecule has 3 unspecified atom stereocenters. The van der Waals surface area contributed by atoms with E-state index in [4.69, 9.17) is 4.74 Å². The molecule has 3 N–H and O–H groups in total. The fourth-order valence-corrected chi connectivity index (χ4v) is 6.51. The monoisotopic (exact) mass is 794 g/mol. The molecule has 0 bridgehead atoms. The van der Waals surface area contributed by atoms with Crippen molar-refractivity contribution >= 4 is 11.9 Å². The molecule has 0 aromatic heterocycles. The van der Waals surface area contributed by atoms with Crippen molar-refractivity contribution < 1.29 is 24.5 Å². The Morgan fingerprint density at radius 1 is 0.544 bits per heavy atom. The van der Waals surface area contributed by atoms with E-state index in [1.54, 1.807) is 0 Å². The van der Waals surface area contributed by atoms with Crippen molar-refractivity contribution in [1.82, 2.24) is 5.32 Å². The lowest BCUT2D eigenvalue weighted by Gasteiger charge is -2.24. The Hall–Kier alpha value is -2.96. The van der Waals surface area contributed by atoms with Gasteiger partial charge in [-0.15, -0.1) is 0 Å². The molecule has 326 valence electrons. The average Bonchev–Trinajstić information content (AvgIpc) is 3.20. The minimum absolute atomic E-state index is 0.0180. The van der Waals surface area contributed by atoms with Crippen LogP contribution in [0.3, 0.4) is 0 Å². The second kappa shape index (κ2) is 44.1. The first kappa shape index (κ1) is 54.0. The first-order chi connectivity index (χ1) is 28.0. The van der Waals surface area contributed by atoms with Crippen LogP contribution in [0.1, 0.15) is 201 Å². The minimum Gasteiger partial charge on any atom is -0.462 e. The predicted molar refractivity (Wildman–Crippen MR) is 245 cm³/mol. The van der Waals surface area contributed by atoms with Crippen molar-refractivity contribution in [2.45, 2.75) is 219 Å². The molecule has 0 heterocycles. The van der Waals surface area contributed by atoms with E-state index in [-0.39, 0.29) is 24.9 Å². The molecule has 0 aromatic carbocycles. The Labute approximate surface area is 351 Å². The number of nitrogens with one attached hydrogen (secondary N) is 1. The second-order valence-corrected chi connectivity index (χ2v) is 15.5. The van der Waals surface area contributed by atoms with Crippen LogP contribution in [0, 0.1) is 0 Å². The van der Waals surface area contributed by atoms with E-state index in [1.807, 2.05) is 36.5 Å². The van der Waals surface area contributed by atoms with Crippen molar-refractivity contribution in [2.24, 2.45) is 0 Å². The minimum atomic E-state index is -0.811. The van der Waals surface area contributed by atoms with E-state index < -0.39 is 18.2 Å². The molecule has 0 saturated heterocycles. The average molecular weight is 794 g/mol. The van der Waals surface area contributed by atoms with Gasteiger partial charge in [0.05, 0.1) is 25.2 Å². The van der Waals surface area contributed by atoms with Gasteiger partial charge in [0.25, 0.3) is 0 Å². The lowest BCUT2D eigenvalue weighted by Crippen LogP contribution is -2.46. The molecule has 6 nitrogen and oxygen atoms in total. The van der Waals surface area contributed by atoms with Gasteiger partial charge in [-0.25, -0.2) is 0 Å². The van der Waals surface area contributed by atoms with Gasteiger partial charge in [-0.3, -0.25) is 9.59 Å². The van der Waals surface area contributed by atoms with Gasteiger partial charge in [0, 0.05) is 6.42 Å². The Kier molecular flexibility index (Phi) is 41.9. The predicted octanol–water partition coefficient (Wildman–Crippen LogP) is 13.6. The third kappa shape index (κ3) is 39.6. The van der Waals surface area contributed by atoms with E-state index in [0.717, 1.165) is 83.5 Å². The number of ether oxygens (including phenoxy) is 1. The molecule has 0 aromatic rings. The number of esters is 1. The Morgan fingerprint density at radius 2 is 1.04 bits per heavy atom. The summed E-state index contributed by atoms with van der Waals surface area (Å²) in [4.78, 5) is 26.0. The maximum atomic E-state index is 13.1. The fraction of sp³-hybridized carbons (Fsp3) is 0.686. The smallest absolute Gasteiger partial charge is 0.306 e. The number of unbranched alkanes of at least 4 members (excludes halogenated alkanes) is 17.